The largest absolute Gasteiger partial charge is 0.387 e. The van der Waals surface area contributed by atoms with Gasteiger partial charge in [0, 0.05) is 6.20 Å². The molecule has 1 N–H and O–H groups in total. The molecule has 0 aliphatic heterocycles. The van der Waals surface area contributed by atoms with E-state index in [0.29, 0.717) is 5.02 Å². The van der Waals surface area contributed by atoms with Gasteiger partial charge in [0.05, 0.1) is 16.8 Å². The predicted octanol–water partition coefficient (Wildman–Crippen LogP) is 4.52. The number of hydrogen-bond donors (Lipinski definition) is 1. The number of rotatable bonds is 8. The van der Waals surface area contributed by atoms with Crippen molar-refractivity contribution in [1.29, 1.82) is 0 Å². The molecule has 0 saturated heterocycles. The summed E-state index contributed by atoms with van der Waals surface area (Å²) in [5.74, 6) is 0. The van der Waals surface area contributed by atoms with Gasteiger partial charge in [-0.15, -0.1) is 0 Å². The van der Waals surface area contributed by atoms with Crippen molar-refractivity contribution in [1.82, 2.24) is 4.98 Å². The summed E-state index contributed by atoms with van der Waals surface area (Å²) in [4.78, 5) is 4.12. The highest BCUT2D eigenvalue weighted by Gasteiger charge is 2.08. The number of aromatic nitrogens is 1. The normalized spacial score (nSPS) is 12.6. The van der Waals surface area contributed by atoms with E-state index in [0.717, 1.165) is 18.5 Å². The Hall–Kier alpha value is -0.600. The topological polar surface area (TPSA) is 33.1 Å². The average molecular weight is 256 g/mol. The second-order valence-corrected chi connectivity index (χ2v) is 4.91. The van der Waals surface area contributed by atoms with Gasteiger partial charge in [-0.2, -0.15) is 0 Å². The van der Waals surface area contributed by atoms with Gasteiger partial charge in [-0.25, -0.2) is 0 Å². The minimum atomic E-state index is -0.446. The smallest absolute Gasteiger partial charge is 0.0959 e. The fourth-order valence-corrected chi connectivity index (χ4v) is 1.96. The van der Waals surface area contributed by atoms with E-state index in [9.17, 15) is 5.11 Å². The zero-order chi connectivity index (χ0) is 12.5. The van der Waals surface area contributed by atoms with Crippen molar-refractivity contribution in [2.24, 2.45) is 0 Å². The summed E-state index contributed by atoms with van der Waals surface area (Å²) in [6.07, 6.45) is 9.37. The van der Waals surface area contributed by atoms with Gasteiger partial charge in [0.2, 0.25) is 0 Å². The molecule has 0 spiro atoms. The average Bonchev–Trinajstić information content (AvgIpc) is 2.34. The SMILES string of the molecule is CCCCCCCCC(O)c1ccc(Cl)cn1. The van der Waals surface area contributed by atoms with Gasteiger partial charge in [0.15, 0.2) is 0 Å². The molecule has 17 heavy (non-hydrogen) atoms. The molecule has 1 aromatic heterocycles. The first kappa shape index (κ1) is 14.5. The highest BCUT2D eigenvalue weighted by Crippen LogP contribution is 2.19. The monoisotopic (exact) mass is 255 g/mol. The van der Waals surface area contributed by atoms with E-state index in [1.165, 1.54) is 32.1 Å². The lowest BCUT2D eigenvalue weighted by Crippen LogP contribution is -1.99. The maximum absolute atomic E-state index is 9.91. The van der Waals surface area contributed by atoms with Crippen LogP contribution in [0.2, 0.25) is 5.02 Å². The van der Waals surface area contributed by atoms with Crippen molar-refractivity contribution in [3.63, 3.8) is 0 Å². The zero-order valence-electron chi connectivity index (χ0n) is 10.5. The Morgan fingerprint density at radius 3 is 2.53 bits per heavy atom. The molecule has 1 unspecified atom stereocenters. The highest BCUT2D eigenvalue weighted by atomic mass is 35.5. The minimum absolute atomic E-state index is 0.446. The maximum atomic E-state index is 9.91. The molecule has 0 amide bonds. The Bertz CT molecular complexity index is 300. The Labute approximate surface area is 109 Å². The molecule has 96 valence electrons. The van der Waals surface area contributed by atoms with E-state index in [1.807, 2.05) is 0 Å². The van der Waals surface area contributed by atoms with Crippen LogP contribution in [-0.2, 0) is 0 Å². The highest BCUT2D eigenvalue weighted by molar-refractivity contribution is 6.30. The molecule has 1 heterocycles. The molecule has 2 nitrogen and oxygen atoms in total. The van der Waals surface area contributed by atoms with Crippen molar-refractivity contribution >= 4 is 11.6 Å². The zero-order valence-corrected chi connectivity index (χ0v) is 11.3. The number of pyridine rings is 1. The number of unbranched alkanes of at least 4 members (excludes halogenated alkanes) is 5. The molecular formula is C14H22ClNO. The van der Waals surface area contributed by atoms with Crippen LogP contribution in [0.5, 0.6) is 0 Å². The van der Waals surface area contributed by atoms with E-state index >= 15 is 0 Å². The van der Waals surface area contributed by atoms with Crippen LogP contribution in [0, 0.1) is 0 Å². The summed E-state index contributed by atoms with van der Waals surface area (Å²) < 4.78 is 0. The van der Waals surface area contributed by atoms with Crippen LogP contribution in [0.1, 0.15) is 63.7 Å². The van der Waals surface area contributed by atoms with E-state index in [2.05, 4.69) is 11.9 Å². The summed E-state index contributed by atoms with van der Waals surface area (Å²) in [6.45, 7) is 2.22. The Kier molecular flexibility index (Phi) is 7.22. The third-order valence-corrected chi connectivity index (χ3v) is 3.15. The van der Waals surface area contributed by atoms with Gasteiger partial charge >= 0.3 is 0 Å². The van der Waals surface area contributed by atoms with Crippen molar-refractivity contribution in [3.8, 4) is 0 Å². The number of hydrogen-bond acceptors (Lipinski definition) is 2. The molecule has 0 aliphatic carbocycles. The van der Waals surface area contributed by atoms with Crippen LogP contribution < -0.4 is 0 Å². The Morgan fingerprint density at radius 2 is 1.88 bits per heavy atom. The third kappa shape index (κ3) is 6.04. The third-order valence-electron chi connectivity index (χ3n) is 2.92. The summed E-state index contributed by atoms with van der Waals surface area (Å²) >= 11 is 5.75. The van der Waals surface area contributed by atoms with Gasteiger partial charge in [-0.05, 0) is 18.6 Å². The van der Waals surface area contributed by atoms with Gasteiger partial charge in [0.1, 0.15) is 0 Å². The molecule has 3 heteroatoms. The Morgan fingerprint density at radius 1 is 1.18 bits per heavy atom. The number of halogens is 1. The summed E-state index contributed by atoms with van der Waals surface area (Å²) in [5, 5.41) is 10.5. The Balaban J connectivity index is 2.16. The van der Waals surface area contributed by atoms with Gasteiger partial charge in [-0.1, -0.05) is 57.0 Å². The van der Waals surface area contributed by atoms with Crippen molar-refractivity contribution < 1.29 is 5.11 Å². The first-order valence-corrected chi connectivity index (χ1v) is 6.91. The molecular weight excluding hydrogens is 234 g/mol. The number of aliphatic hydroxyl groups excluding tert-OH is 1. The summed E-state index contributed by atoms with van der Waals surface area (Å²) in [6, 6.07) is 3.57. The van der Waals surface area contributed by atoms with Crippen LogP contribution in [0.15, 0.2) is 18.3 Å². The van der Waals surface area contributed by atoms with E-state index in [1.54, 1.807) is 18.3 Å². The van der Waals surface area contributed by atoms with Gasteiger partial charge in [-0.3, -0.25) is 4.98 Å². The van der Waals surface area contributed by atoms with Gasteiger partial charge in [0.25, 0.3) is 0 Å². The quantitative estimate of drug-likeness (QED) is 0.693. The predicted molar refractivity (Wildman–Crippen MR) is 72.2 cm³/mol. The van der Waals surface area contributed by atoms with Crippen molar-refractivity contribution in [3.05, 3.63) is 29.0 Å². The van der Waals surface area contributed by atoms with E-state index < -0.39 is 6.10 Å². The first-order valence-electron chi connectivity index (χ1n) is 6.53. The molecule has 0 radical (unpaired) electrons. The molecule has 0 aliphatic rings. The molecule has 0 saturated carbocycles. The van der Waals surface area contributed by atoms with E-state index in [4.69, 9.17) is 11.6 Å². The van der Waals surface area contributed by atoms with Crippen LogP contribution in [-0.4, -0.2) is 10.1 Å². The molecule has 0 bridgehead atoms. The lowest BCUT2D eigenvalue weighted by atomic mass is 10.1. The fraction of sp³-hybridized carbons (Fsp3) is 0.643. The second-order valence-electron chi connectivity index (χ2n) is 4.47. The van der Waals surface area contributed by atoms with Crippen molar-refractivity contribution in [2.75, 3.05) is 0 Å². The molecule has 0 fully saturated rings. The second kappa shape index (κ2) is 8.48. The maximum Gasteiger partial charge on any atom is 0.0959 e. The van der Waals surface area contributed by atoms with Crippen LogP contribution in [0.25, 0.3) is 0 Å². The van der Waals surface area contributed by atoms with Gasteiger partial charge < -0.3 is 5.11 Å². The molecule has 1 aromatic rings. The molecule has 0 aromatic carbocycles. The van der Waals surface area contributed by atoms with Crippen LogP contribution >= 0.6 is 11.6 Å². The lowest BCUT2D eigenvalue weighted by molar-refractivity contribution is 0.158. The first-order chi connectivity index (χ1) is 8.24. The van der Waals surface area contributed by atoms with Crippen LogP contribution in [0.4, 0.5) is 0 Å². The van der Waals surface area contributed by atoms with E-state index in [-0.39, 0.29) is 0 Å². The summed E-state index contributed by atoms with van der Waals surface area (Å²) in [7, 11) is 0. The summed E-state index contributed by atoms with van der Waals surface area (Å²) in [5.41, 5.74) is 0.725. The van der Waals surface area contributed by atoms with Crippen molar-refractivity contribution in [2.45, 2.75) is 58.0 Å². The standard InChI is InChI=1S/C14H22ClNO/c1-2-3-4-5-6-7-8-14(17)13-10-9-12(15)11-16-13/h9-11,14,17H,2-8H2,1H3. The number of nitrogens with zero attached hydrogens (tertiary/aromatic N) is 1. The fourth-order valence-electron chi connectivity index (χ4n) is 1.85. The number of aliphatic hydroxyl groups is 1. The van der Waals surface area contributed by atoms with Crippen LogP contribution in [0.3, 0.4) is 0 Å². The minimum Gasteiger partial charge on any atom is -0.387 e. The lowest BCUT2D eigenvalue weighted by Gasteiger charge is -2.09. The molecule has 1 atom stereocenters. The molecule has 1 rings (SSSR count).